The van der Waals surface area contributed by atoms with Crippen LogP contribution in [0.3, 0.4) is 0 Å². The van der Waals surface area contributed by atoms with Crippen LogP contribution in [0.15, 0.2) is 18.2 Å². The van der Waals surface area contributed by atoms with Gasteiger partial charge in [0.15, 0.2) is 0 Å². The van der Waals surface area contributed by atoms with Crippen LogP contribution in [0.5, 0.6) is 0 Å². The zero-order chi connectivity index (χ0) is 13.5. The molecule has 2 nitrogen and oxygen atoms in total. The van der Waals surface area contributed by atoms with E-state index in [1.165, 1.54) is 11.1 Å². The number of amides is 1. The van der Waals surface area contributed by atoms with Gasteiger partial charge >= 0.3 is 0 Å². The fourth-order valence-electron chi connectivity index (χ4n) is 2.00. The third-order valence-corrected chi connectivity index (χ3v) is 3.40. The highest BCUT2D eigenvalue weighted by Gasteiger charge is 2.13. The first-order chi connectivity index (χ1) is 8.58. The number of rotatable bonds is 6. The van der Waals surface area contributed by atoms with Crippen LogP contribution >= 0.6 is 15.9 Å². The first kappa shape index (κ1) is 15.2. The summed E-state index contributed by atoms with van der Waals surface area (Å²) in [4.78, 5) is 14.2. The van der Waals surface area contributed by atoms with Crippen LogP contribution in [-0.4, -0.2) is 29.2 Å². The van der Waals surface area contributed by atoms with E-state index in [4.69, 9.17) is 0 Å². The molecule has 0 unspecified atom stereocenters. The summed E-state index contributed by atoms with van der Waals surface area (Å²) in [6, 6.07) is 6.30. The quantitative estimate of drug-likeness (QED) is 0.737. The largest absolute Gasteiger partial charge is 0.342 e. The second-order valence-corrected chi connectivity index (χ2v) is 5.47. The number of carbonyl (C=O) groups is 1. The summed E-state index contributed by atoms with van der Waals surface area (Å²) in [5.74, 6) is 0.227. The van der Waals surface area contributed by atoms with E-state index in [0.717, 1.165) is 30.4 Å². The third-order valence-electron chi connectivity index (χ3n) is 3.05. The average molecular weight is 312 g/mol. The molecule has 0 spiro atoms. The van der Waals surface area contributed by atoms with Crippen LogP contribution in [-0.2, 0) is 11.2 Å². The monoisotopic (exact) mass is 311 g/mol. The van der Waals surface area contributed by atoms with Crippen molar-refractivity contribution in [3.63, 3.8) is 0 Å². The number of benzene rings is 1. The zero-order valence-electron chi connectivity index (χ0n) is 11.5. The normalized spacial score (nSPS) is 10.4. The molecule has 0 bridgehead atoms. The minimum atomic E-state index is 0.227. The lowest BCUT2D eigenvalue weighted by atomic mass is 10.0. The lowest BCUT2D eigenvalue weighted by Crippen LogP contribution is -2.34. The third kappa shape index (κ3) is 4.45. The number of halogens is 1. The van der Waals surface area contributed by atoms with Gasteiger partial charge in [-0.25, -0.2) is 0 Å². The number of nitrogens with zero attached hydrogens (tertiary/aromatic N) is 1. The molecular formula is C15H22BrNO. The maximum atomic E-state index is 12.3. The molecule has 0 saturated heterocycles. The molecule has 0 fully saturated rings. The number of aryl methyl sites for hydroxylation is 2. The Morgan fingerprint density at radius 3 is 2.61 bits per heavy atom. The Bertz CT molecular complexity index is 397. The fourth-order valence-corrected chi connectivity index (χ4v) is 2.43. The van der Waals surface area contributed by atoms with Crippen LogP contribution < -0.4 is 0 Å². The van der Waals surface area contributed by atoms with Crippen LogP contribution in [0.2, 0.25) is 0 Å². The van der Waals surface area contributed by atoms with E-state index in [1.807, 2.05) is 4.90 Å². The van der Waals surface area contributed by atoms with Gasteiger partial charge in [-0.1, -0.05) is 46.6 Å². The molecule has 0 saturated carbocycles. The van der Waals surface area contributed by atoms with Crippen molar-refractivity contribution >= 4 is 21.8 Å². The Morgan fingerprint density at radius 1 is 1.28 bits per heavy atom. The Morgan fingerprint density at radius 2 is 2.00 bits per heavy atom. The summed E-state index contributed by atoms with van der Waals surface area (Å²) in [5.41, 5.74) is 3.56. The van der Waals surface area contributed by atoms with Crippen molar-refractivity contribution in [1.82, 2.24) is 4.90 Å². The summed E-state index contributed by atoms with van der Waals surface area (Å²) in [5, 5.41) is 0.839. The number of carbonyl (C=O) groups excluding carboxylic acids is 1. The standard InChI is InChI=1S/C15H22BrNO/c1-4-8-17(9-7-16)15(18)11-14-10-12(2)5-6-13(14)3/h5-6,10H,4,7-9,11H2,1-3H3. The molecule has 1 rings (SSSR count). The Kier molecular flexibility index (Phi) is 6.41. The highest BCUT2D eigenvalue weighted by molar-refractivity contribution is 9.09. The smallest absolute Gasteiger partial charge is 0.227 e. The van der Waals surface area contributed by atoms with Gasteiger partial charge in [-0.2, -0.15) is 0 Å². The summed E-state index contributed by atoms with van der Waals surface area (Å²) in [7, 11) is 0. The molecular weight excluding hydrogens is 290 g/mol. The maximum absolute atomic E-state index is 12.3. The predicted octanol–water partition coefficient (Wildman–Crippen LogP) is 3.48. The molecule has 0 atom stereocenters. The van der Waals surface area contributed by atoms with Crippen molar-refractivity contribution in [2.75, 3.05) is 18.4 Å². The molecule has 1 amide bonds. The SMILES string of the molecule is CCCN(CCBr)C(=O)Cc1cc(C)ccc1C. The topological polar surface area (TPSA) is 20.3 Å². The van der Waals surface area contributed by atoms with E-state index < -0.39 is 0 Å². The van der Waals surface area contributed by atoms with E-state index in [9.17, 15) is 4.79 Å². The van der Waals surface area contributed by atoms with E-state index in [0.29, 0.717) is 6.42 Å². The van der Waals surface area contributed by atoms with Crippen LogP contribution in [0, 0.1) is 13.8 Å². The number of hydrogen-bond donors (Lipinski definition) is 0. The van der Waals surface area contributed by atoms with E-state index in [1.54, 1.807) is 0 Å². The van der Waals surface area contributed by atoms with E-state index in [2.05, 4.69) is 54.9 Å². The molecule has 1 aromatic carbocycles. The van der Waals surface area contributed by atoms with Gasteiger partial charge in [0.1, 0.15) is 0 Å². The highest BCUT2D eigenvalue weighted by atomic mass is 79.9. The Balaban J connectivity index is 2.75. The van der Waals surface area contributed by atoms with Crippen LogP contribution in [0.4, 0.5) is 0 Å². The first-order valence-electron chi connectivity index (χ1n) is 6.48. The molecule has 18 heavy (non-hydrogen) atoms. The predicted molar refractivity (Wildman–Crippen MR) is 80.3 cm³/mol. The molecule has 0 N–H and O–H groups in total. The maximum Gasteiger partial charge on any atom is 0.227 e. The fraction of sp³-hybridized carbons (Fsp3) is 0.533. The molecule has 100 valence electrons. The molecule has 0 radical (unpaired) electrons. The molecule has 0 heterocycles. The Hall–Kier alpha value is -0.830. The van der Waals surface area contributed by atoms with Gasteiger partial charge in [0.2, 0.25) is 5.91 Å². The van der Waals surface area contributed by atoms with Crippen molar-refractivity contribution in [2.45, 2.75) is 33.6 Å². The van der Waals surface area contributed by atoms with E-state index >= 15 is 0 Å². The van der Waals surface area contributed by atoms with Gasteiger partial charge in [-0.15, -0.1) is 0 Å². The molecule has 1 aromatic rings. The summed E-state index contributed by atoms with van der Waals surface area (Å²) in [6.45, 7) is 7.87. The molecule has 3 heteroatoms. The first-order valence-corrected chi connectivity index (χ1v) is 7.60. The van der Waals surface area contributed by atoms with Gasteiger partial charge < -0.3 is 4.90 Å². The van der Waals surface area contributed by atoms with Gasteiger partial charge in [-0.3, -0.25) is 4.79 Å². The molecule has 0 aromatic heterocycles. The highest BCUT2D eigenvalue weighted by Crippen LogP contribution is 2.12. The van der Waals surface area contributed by atoms with Crippen molar-refractivity contribution in [3.8, 4) is 0 Å². The van der Waals surface area contributed by atoms with Crippen molar-refractivity contribution in [2.24, 2.45) is 0 Å². The van der Waals surface area contributed by atoms with Crippen LogP contribution in [0.25, 0.3) is 0 Å². The van der Waals surface area contributed by atoms with Crippen molar-refractivity contribution in [3.05, 3.63) is 34.9 Å². The second-order valence-electron chi connectivity index (χ2n) is 4.68. The lowest BCUT2D eigenvalue weighted by Gasteiger charge is -2.21. The second kappa shape index (κ2) is 7.57. The van der Waals surface area contributed by atoms with Gasteiger partial charge in [0.25, 0.3) is 0 Å². The average Bonchev–Trinajstić information content (AvgIpc) is 2.33. The molecule has 0 aliphatic heterocycles. The Labute approximate surface area is 119 Å². The number of alkyl halides is 1. The lowest BCUT2D eigenvalue weighted by molar-refractivity contribution is -0.130. The van der Waals surface area contributed by atoms with Gasteiger partial charge in [0, 0.05) is 18.4 Å². The van der Waals surface area contributed by atoms with Gasteiger partial charge in [-0.05, 0) is 31.4 Å². The summed E-state index contributed by atoms with van der Waals surface area (Å²) in [6.07, 6.45) is 1.52. The summed E-state index contributed by atoms with van der Waals surface area (Å²) >= 11 is 3.41. The van der Waals surface area contributed by atoms with Crippen molar-refractivity contribution < 1.29 is 4.79 Å². The van der Waals surface area contributed by atoms with Crippen LogP contribution in [0.1, 0.15) is 30.0 Å². The number of hydrogen-bond acceptors (Lipinski definition) is 1. The molecule has 0 aliphatic rings. The van der Waals surface area contributed by atoms with Gasteiger partial charge in [0.05, 0.1) is 6.42 Å². The summed E-state index contributed by atoms with van der Waals surface area (Å²) < 4.78 is 0. The zero-order valence-corrected chi connectivity index (χ0v) is 13.1. The molecule has 0 aliphatic carbocycles. The van der Waals surface area contributed by atoms with E-state index in [-0.39, 0.29) is 5.91 Å². The minimum Gasteiger partial charge on any atom is -0.342 e. The minimum absolute atomic E-state index is 0.227. The van der Waals surface area contributed by atoms with Crippen molar-refractivity contribution in [1.29, 1.82) is 0 Å².